The quantitative estimate of drug-likeness (QED) is 0.00753. The van der Waals surface area contributed by atoms with Gasteiger partial charge in [-0.15, -0.1) is 5.53 Å². The number of nitrogens with zero attached hydrogens (tertiary/aromatic N) is 3. The Kier molecular flexibility index (Phi) is 22.2. The van der Waals surface area contributed by atoms with E-state index in [1.807, 2.05) is 0 Å². The van der Waals surface area contributed by atoms with Crippen molar-refractivity contribution >= 4 is 54.1 Å². The van der Waals surface area contributed by atoms with E-state index in [0.29, 0.717) is 58.2 Å². The van der Waals surface area contributed by atoms with Gasteiger partial charge in [-0.2, -0.15) is 17.5 Å². The van der Waals surface area contributed by atoms with Crippen LogP contribution in [0.4, 0.5) is 0 Å². The lowest BCUT2D eigenvalue weighted by Crippen LogP contribution is -2.57. The van der Waals surface area contributed by atoms with Crippen LogP contribution in [-0.2, 0) is 24.0 Å². The van der Waals surface area contributed by atoms with E-state index < -0.39 is 53.8 Å². The highest BCUT2D eigenvalue weighted by Gasteiger charge is 2.30. The average molecular weight is 673 g/mol. The van der Waals surface area contributed by atoms with Crippen LogP contribution in [0.15, 0.2) is 5.22 Å². The number of nitrogens with two attached hydrogens (primary N) is 2. The number of carboxylic acids is 1. The molecule has 4 atom stereocenters. The molecule has 0 fully saturated rings. The molecule has 0 rings (SSSR count). The minimum absolute atomic E-state index is 0.109. The molecule has 0 heterocycles. The topological polar surface area (TPSA) is 338 Å². The number of azide groups is 1. The van der Waals surface area contributed by atoms with Crippen molar-refractivity contribution in [1.29, 1.82) is 10.8 Å². The fourth-order valence-electron chi connectivity index (χ4n) is 4.08. The summed E-state index contributed by atoms with van der Waals surface area (Å²) >= 11 is 3.96. The van der Waals surface area contributed by atoms with Crippen molar-refractivity contribution < 1.29 is 29.1 Å². The number of carboxylic acid groups (broad SMARTS) is 1. The van der Waals surface area contributed by atoms with Crippen molar-refractivity contribution in [3.63, 3.8) is 0 Å². The number of guanidine groups is 2. The van der Waals surface area contributed by atoms with E-state index in [1.54, 1.807) is 0 Å². The lowest BCUT2D eigenvalue weighted by molar-refractivity contribution is -0.141. The summed E-state index contributed by atoms with van der Waals surface area (Å²) in [5.74, 6) is -4.48. The first kappa shape index (κ1) is 41.4. The number of carbonyl (C=O) groups excluding carboxylic acids is 4. The first-order valence-electron chi connectivity index (χ1n) is 14.8. The number of aliphatic carboxylic acids is 1. The van der Waals surface area contributed by atoms with Crippen LogP contribution in [0.5, 0.6) is 0 Å². The summed E-state index contributed by atoms with van der Waals surface area (Å²) in [6.07, 6.45) is 3.22. The first-order chi connectivity index (χ1) is 21.8. The van der Waals surface area contributed by atoms with Crippen LogP contribution in [0.2, 0.25) is 0 Å². The monoisotopic (exact) mass is 672 g/mol. The Balaban J connectivity index is 5.83. The Hall–Kier alpha value is -4.65. The van der Waals surface area contributed by atoms with Crippen molar-refractivity contribution in [2.75, 3.05) is 25.4 Å². The second-order valence-corrected chi connectivity index (χ2v) is 10.6. The van der Waals surface area contributed by atoms with Crippen molar-refractivity contribution in [1.82, 2.24) is 37.3 Å². The molecule has 0 aliphatic heterocycles. The Morgan fingerprint density at radius 2 is 1.13 bits per heavy atom. The van der Waals surface area contributed by atoms with Crippen molar-refractivity contribution in [3.8, 4) is 0 Å². The molecule has 20 nitrogen and oxygen atoms in total. The third-order valence-electron chi connectivity index (χ3n) is 6.37. The predicted octanol–water partition coefficient (Wildman–Crippen LogP) is -1.75. The fourth-order valence-corrected chi connectivity index (χ4v) is 4.33. The maximum absolute atomic E-state index is 13.5. The van der Waals surface area contributed by atoms with Crippen LogP contribution in [0.3, 0.4) is 0 Å². The van der Waals surface area contributed by atoms with Crippen molar-refractivity contribution in [2.24, 2.45) is 16.7 Å². The molecule has 260 valence electrons. The lowest BCUT2D eigenvalue weighted by atomic mass is 10.0. The molecule has 0 aromatic carbocycles. The van der Waals surface area contributed by atoms with E-state index in [9.17, 15) is 29.1 Å². The largest absolute Gasteiger partial charge is 0.480 e. The van der Waals surface area contributed by atoms with Gasteiger partial charge < -0.3 is 48.5 Å². The zero-order valence-electron chi connectivity index (χ0n) is 25.9. The molecule has 0 radical (unpaired) electrons. The first-order valence-corrected chi connectivity index (χ1v) is 15.4. The Morgan fingerprint density at radius 1 is 0.739 bits per heavy atom. The smallest absolute Gasteiger partial charge is 0.327 e. The highest BCUT2D eigenvalue weighted by Crippen LogP contribution is 2.08. The maximum atomic E-state index is 13.5. The van der Waals surface area contributed by atoms with Crippen LogP contribution < -0.4 is 48.8 Å². The van der Waals surface area contributed by atoms with E-state index in [2.05, 4.69) is 60.1 Å². The van der Waals surface area contributed by atoms with E-state index in [4.69, 9.17) is 27.8 Å². The predicted molar refractivity (Wildman–Crippen MR) is 173 cm³/mol. The van der Waals surface area contributed by atoms with Gasteiger partial charge >= 0.3 is 5.97 Å². The minimum atomic E-state index is -1.31. The molecule has 0 aromatic heterocycles. The van der Waals surface area contributed by atoms with Gasteiger partial charge in [-0.3, -0.25) is 35.4 Å². The second kappa shape index (κ2) is 24.6. The molecule has 0 aliphatic carbocycles. The summed E-state index contributed by atoms with van der Waals surface area (Å²) < 4.78 is 0. The highest BCUT2D eigenvalue weighted by molar-refractivity contribution is 7.80. The van der Waals surface area contributed by atoms with Gasteiger partial charge in [0.05, 0.1) is 6.54 Å². The average Bonchev–Trinajstić information content (AvgIpc) is 2.98. The van der Waals surface area contributed by atoms with Crippen molar-refractivity contribution in [2.45, 2.75) is 88.9 Å². The van der Waals surface area contributed by atoms with Gasteiger partial charge in [-0.25, -0.2) is 4.79 Å². The number of carbonyl (C=O) groups is 5. The maximum Gasteiger partial charge on any atom is 0.327 e. The number of amides is 4. The van der Waals surface area contributed by atoms with Gasteiger partial charge in [0.25, 0.3) is 0 Å². The Labute approximate surface area is 272 Å². The minimum Gasteiger partial charge on any atom is -0.480 e. The molecule has 46 heavy (non-hydrogen) atoms. The van der Waals surface area contributed by atoms with Gasteiger partial charge in [-0.05, 0) is 63.0 Å². The van der Waals surface area contributed by atoms with Gasteiger partial charge in [-0.1, -0.05) is 0 Å². The van der Waals surface area contributed by atoms with Crippen LogP contribution in [0.1, 0.15) is 64.7 Å². The van der Waals surface area contributed by atoms with Gasteiger partial charge in [0.1, 0.15) is 24.2 Å². The van der Waals surface area contributed by atoms with Crippen LogP contribution in [0.25, 0.3) is 10.4 Å². The molecular weight excluding hydrogens is 624 g/mol. The molecule has 0 aliphatic rings. The van der Waals surface area contributed by atoms with E-state index in [-0.39, 0.29) is 36.9 Å². The third-order valence-corrected chi connectivity index (χ3v) is 6.74. The molecule has 0 unspecified atom stereocenters. The van der Waals surface area contributed by atoms with Crippen LogP contribution in [0, 0.1) is 10.8 Å². The fraction of sp³-hybridized carbons (Fsp3) is 0.720. The molecule has 0 saturated carbocycles. The number of hydrogen-bond acceptors (Lipinski definition) is 9. The van der Waals surface area contributed by atoms with Crippen molar-refractivity contribution in [3.05, 3.63) is 10.4 Å². The van der Waals surface area contributed by atoms with Gasteiger partial charge in [0, 0.05) is 25.8 Å². The summed E-state index contributed by atoms with van der Waals surface area (Å²) in [6.45, 7) is 2.28. The summed E-state index contributed by atoms with van der Waals surface area (Å²) in [7, 11) is 0. The van der Waals surface area contributed by atoms with E-state index in [0.717, 1.165) is 0 Å². The Morgan fingerprint density at radius 3 is 1.48 bits per heavy atom. The Bertz CT molecular complexity index is 1070. The lowest BCUT2D eigenvalue weighted by Gasteiger charge is -2.26. The van der Waals surface area contributed by atoms with Crippen LogP contribution >= 0.6 is 12.6 Å². The number of rotatable bonds is 25. The number of nitrogens with one attached hydrogen (secondary N) is 9. The van der Waals surface area contributed by atoms with E-state index >= 15 is 0 Å². The van der Waals surface area contributed by atoms with Gasteiger partial charge in [0.2, 0.25) is 23.6 Å². The molecule has 14 N–H and O–H groups in total. The summed E-state index contributed by atoms with van der Waals surface area (Å²) in [4.78, 5) is 65.8. The zero-order valence-corrected chi connectivity index (χ0v) is 26.8. The SMILES string of the molecule is CC(=O)N[C@@H](CCCCNN=[N+]=[N-])C(=O)N[C@@H](CCCCNC(=N)N)C(=O)N[C@@H](CCCCNC(=N)N)C(=O)N[C@H](CS)C(=O)O. The standard InChI is InChI=1S/C25H48N14O6S/c1-15(40)34-16(8-4-7-13-33-39-38-30)20(41)35-17(9-2-5-11-31-24(26)27)21(42)36-18(10-3-6-12-32-25(28)29)22(43)37-19(14-46)23(44)45/h16-19,33,46H,2-14H2,1H3,(H,34,40)(H,35,41)(H,36,42)(H,37,43)(H,44,45)(H4,26,27,31)(H4,28,29,32)/t16-,17-,18-,19+/m0/s1. The second-order valence-electron chi connectivity index (χ2n) is 10.2. The van der Waals surface area contributed by atoms with Crippen LogP contribution in [-0.4, -0.2) is 96.2 Å². The number of thiol groups is 1. The van der Waals surface area contributed by atoms with E-state index in [1.165, 1.54) is 6.92 Å². The third kappa shape index (κ3) is 20.3. The summed E-state index contributed by atoms with van der Waals surface area (Å²) in [5, 5.41) is 42.6. The molecule has 0 saturated heterocycles. The molecular formula is C25H48N14O6S. The van der Waals surface area contributed by atoms with Gasteiger partial charge in [0.15, 0.2) is 11.9 Å². The molecule has 0 aromatic rings. The number of unbranched alkanes of at least 4 members (excludes halogenated alkanes) is 3. The summed E-state index contributed by atoms with van der Waals surface area (Å²) in [5.41, 5.74) is 21.4. The normalized spacial score (nSPS) is 12.9. The number of hydrogen-bond donors (Lipinski definition) is 13. The highest BCUT2D eigenvalue weighted by atomic mass is 32.1. The summed E-state index contributed by atoms with van der Waals surface area (Å²) in [6, 6.07) is -4.59. The molecule has 21 heteroatoms. The molecule has 4 amide bonds. The molecule has 0 spiro atoms. The molecule has 0 bridgehead atoms. The zero-order chi connectivity index (χ0) is 34.9.